The summed E-state index contributed by atoms with van der Waals surface area (Å²) in [5.74, 6) is 0. The Balaban J connectivity index is 2.42. The Morgan fingerprint density at radius 1 is 1.06 bits per heavy atom. The van der Waals surface area contributed by atoms with Gasteiger partial charge in [-0.2, -0.15) is 0 Å². The number of benzene rings is 1. The molecule has 1 aromatic heterocycles. The van der Waals surface area contributed by atoms with E-state index in [9.17, 15) is 0 Å². The van der Waals surface area contributed by atoms with Gasteiger partial charge in [0.1, 0.15) is 0 Å². The van der Waals surface area contributed by atoms with Crippen LogP contribution >= 0.6 is 23.2 Å². The van der Waals surface area contributed by atoms with Crippen molar-refractivity contribution in [3.8, 4) is 0 Å². The van der Waals surface area contributed by atoms with Gasteiger partial charge in [0.15, 0.2) is 0 Å². The summed E-state index contributed by atoms with van der Waals surface area (Å²) in [6, 6.07) is 10.7. The molecule has 0 radical (unpaired) electrons. The average molecular weight is 253 g/mol. The first kappa shape index (κ1) is 11.4. The number of aromatic nitrogens is 1. The van der Waals surface area contributed by atoms with Crippen LogP contribution in [-0.2, 0) is 0 Å². The molecule has 0 aliphatic heterocycles. The number of rotatable bonds is 2. The van der Waals surface area contributed by atoms with E-state index in [-0.39, 0.29) is 6.04 Å². The minimum atomic E-state index is -0.354. The van der Waals surface area contributed by atoms with Crippen LogP contribution in [0.4, 0.5) is 0 Å². The van der Waals surface area contributed by atoms with Crippen LogP contribution in [0.2, 0.25) is 10.0 Å². The number of hydrogen-bond donors (Lipinski definition) is 1. The van der Waals surface area contributed by atoms with E-state index >= 15 is 0 Å². The first-order chi connectivity index (χ1) is 7.70. The number of pyridine rings is 1. The summed E-state index contributed by atoms with van der Waals surface area (Å²) in [6.45, 7) is 0. The molecule has 0 spiro atoms. The Labute approximate surface area is 104 Å². The molecule has 2 N–H and O–H groups in total. The van der Waals surface area contributed by atoms with Gasteiger partial charge in [0, 0.05) is 6.20 Å². The van der Waals surface area contributed by atoms with Crippen molar-refractivity contribution in [1.82, 2.24) is 4.98 Å². The van der Waals surface area contributed by atoms with E-state index < -0.39 is 0 Å². The third kappa shape index (κ3) is 2.19. The lowest BCUT2D eigenvalue weighted by Gasteiger charge is -2.13. The van der Waals surface area contributed by atoms with Crippen LogP contribution in [0.25, 0.3) is 0 Å². The van der Waals surface area contributed by atoms with Gasteiger partial charge in [-0.1, -0.05) is 41.4 Å². The van der Waals surface area contributed by atoms with Crippen LogP contribution in [0.5, 0.6) is 0 Å². The Hall–Kier alpha value is -1.09. The molecule has 0 saturated carbocycles. The maximum absolute atomic E-state index is 6.10. The molecule has 2 aromatic rings. The van der Waals surface area contributed by atoms with Crippen LogP contribution < -0.4 is 5.73 Å². The lowest BCUT2D eigenvalue weighted by molar-refractivity contribution is 0.829. The zero-order valence-corrected chi connectivity index (χ0v) is 9.91. The van der Waals surface area contributed by atoms with Crippen molar-refractivity contribution in [2.45, 2.75) is 6.04 Å². The van der Waals surface area contributed by atoms with Gasteiger partial charge in [-0.15, -0.1) is 0 Å². The Morgan fingerprint density at radius 3 is 2.56 bits per heavy atom. The minimum Gasteiger partial charge on any atom is -0.319 e. The normalized spacial score (nSPS) is 12.4. The first-order valence-electron chi connectivity index (χ1n) is 4.80. The third-order valence-electron chi connectivity index (χ3n) is 2.32. The van der Waals surface area contributed by atoms with E-state index in [0.717, 1.165) is 11.3 Å². The molecule has 0 aliphatic rings. The molecule has 16 heavy (non-hydrogen) atoms. The number of nitrogens with zero attached hydrogens (tertiary/aromatic N) is 1. The van der Waals surface area contributed by atoms with E-state index in [0.29, 0.717) is 10.0 Å². The molecule has 1 aromatic carbocycles. The molecule has 0 amide bonds. The van der Waals surface area contributed by atoms with Gasteiger partial charge in [0.2, 0.25) is 0 Å². The molecule has 1 unspecified atom stereocenters. The smallest absolute Gasteiger partial charge is 0.0741 e. The number of nitrogens with two attached hydrogens (primary N) is 1. The molecule has 4 heteroatoms. The summed E-state index contributed by atoms with van der Waals surface area (Å²) >= 11 is 12.0. The van der Waals surface area contributed by atoms with Gasteiger partial charge in [0.05, 0.1) is 21.8 Å². The highest BCUT2D eigenvalue weighted by Gasteiger charge is 2.14. The Morgan fingerprint density at radius 2 is 1.88 bits per heavy atom. The van der Waals surface area contributed by atoms with Gasteiger partial charge in [-0.3, -0.25) is 4.98 Å². The molecule has 0 bridgehead atoms. The lowest BCUT2D eigenvalue weighted by Crippen LogP contribution is -2.13. The average Bonchev–Trinajstić information content (AvgIpc) is 2.33. The van der Waals surface area contributed by atoms with Crippen molar-refractivity contribution in [1.29, 1.82) is 0 Å². The van der Waals surface area contributed by atoms with Gasteiger partial charge in [0.25, 0.3) is 0 Å². The van der Waals surface area contributed by atoms with Crippen LogP contribution in [0.3, 0.4) is 0 Å². The van der Waals surface area contributed by atoms with Crippen molar-refractivity contribution in [3.05, 3.63) is 63.9 Å². The van der Waals surface area contributed by atoms with E-state index in [2.05, 4.69) is 4.98 Å². The fraction of sp³-hybridized carbons (Fsp3) is 0.0833. The summed E-state index contributed by atoms with van der Waals surface area (Å²) in [5.41, 5.74) is 7.64. The van der Waals surface area contributed by atoms with E-state index in [1.165, 1.54) is 0 Å². The molecule has 82 valence electrons. The van der Waals surface area contributed by atoms with Gasteiger partial charge in [-0.25, -0.2) is 0 Å². The first-order valence-corrected chi connectivity index (χ1v) is 5.56. The van der Waals surface area contributed by atoms with Crippen molar-refractivity contribution in [2.24, 2.45) is 5.73 Å². The predicted molar refractivity (Wildman–Crippen MR) is 66.7 cm³/mol. The summed E-state index contributed by atoms with van der Waals surface area (Å²) in [4.78, 5) is 4.20. The van der Waals surface area contributed by atoms with Crippen molar-refractivity contribution >= 4 is 23.2 Å². The molecule has 1 heterocycles. The fourth-order valence-electron chi connectivity index (χ4n) is 1.48. The summed E-state index contributed by atoms with van der Waals surface area (Å²) in [5, 5.41) is 0.993. The molecular weight excluding hydrogens is 243 g/mol. The molecule has 1 atom stereocenters. The quantitative estimate of drug-likeness (QED) is 0.890. The van der Waals surface area contributed by atoms with E-state index in [1.807, 2.05) is 30.3 Å². The standard InChI is InChI=1S/C12H10Cl2N2/c13-9-5-3-4-8(11(9)14)12(15)10-6-1-2-7-16-10/h1-7,12H,15H2. The molecular formula is C12H10Cl2N2. The lowest BCUT2D eigenvalue weighted by atomic mass is 10.0. The molecule has 2 rings (SSSR count). The molecule has 0 aliphatic carbocycles. The fourth-order valence-corrected chi connectivity index (χ4v) is 1.91. The van der Waals surface area contributed by atoms with E-state index in [1.54, 1.807) is 12.3 Å². The highest BCUT2D eigenvalue weighted by Crippen LogP contribution is 2.31. The summed E-state index contributed by atoms with van der Waals surface area (Å²) < 4.78 is 0. The van der Waals surface area contributed by atoms with Crippen molar-refractivity contribution in [2.75, 3.05) is 0 Å². The van der Waals surface area contributed by atoms with Gasteiger partial charge >= 0.3 is 0 Å². The van der Waals surface area contributed by atoms with Crippen molar-refractivity contribution in [3.63, 3.8) is 0 Å². The predicted octanol–water partition coefficient (Wildman–Crippen LogP) is 3.44. The Kier molecular flexibility index (Phi) is 3.44. The second-order valence-corrected chi connectivity index (χ2v) is 4.16. The highest BCUT2D eigenvalue weighted by atomic mass is 35.5. The number of hydrogen-bond acceptors (Lipinski definition) is 2. The second-order valence-electron chi connectivity index (χ2n) is 3.38. The third-order valence-corrected chi connectivity index (χ3v) is 3.16. The summed E-state index contributed by atoms with van der Waals surface area (Å²) in [6.07, 6.45) is 1.70. The van der Waals surface area contributed by atoms with Crippen molar-refractivity contribution < 1.29 is 0 Å². The van der Waals surface area contributed by atoms with E-state index in [4.69, 9.17) is 28.9 Å². The number of halogens is 2. The largest absolute Gasteiger partial charge is 0.319 e. The van der Waals surface area contributed by atoms with Gasteiger partial charge in [-0.05, 0) is 23.8 Å². The monoisotopic (exact) mass is 252 g/mol. The maximum atomic E-state index is 6.10. The zero-order chi connectivity index (χ0) is 11.5. The summed E-state index contributed by atoms with van der Waals surface area (Å²) in [7, 11) is 0. The van der Waals surface area contributed by atoms with Crippen LogP contribution in [-0.4, -0.2) is 4.98 Å². The van der Waals surface area contributed by atoms with Crippen LogP contribution in [0.15, 0.2) is 42.6 Å². The molecule has 0 saturated heterocycles. The minimum absolute atomic E-state index is 0.354. The van der Waals surface area contributed by atoms with Gasteiger partial charge < -0.3 is 5.73 Å². The molecule has 0 fully saturated rings. The van der Waals surface area contributed by atoms with Crippen LogP contribution in [0, 0.1) is 0 Å². The Bertz CT molecular complexity index is 486. The highest BCUT2D eigenvalue weighted by molar-refractivity contribution is 6.42. The molecule has 2 nitrogen and oxygen atoms in total. The zero-order valence-electron chi connectivity index (χ0n) is 8.40. The SMILES string of the molecule is NC(c1ccccn1)c1cccc(Cl)c1Cl. The second kappa shape index (κ2) is 4.83. The maximum Gasteiger partial charge on any atom is 0.0741 e. The topological polar surface area (TPSA) is 38.9 Å². The van der Waals surface area contributed by atoms with Crippen LogP contribution in [0.1, 0.15) is 17.3 Å².